The summed E-state index contributed by atoms with van der Waals surface area (Å²) < 4.78 is 5.14. The van der Waals surface area contributed by atoms with Gasteiger partial charge in [0.25, 0.3) is 0 Å². The molecule has 1 heterocycles. The van der Waals surface area contributed by atoms with Gasteiger partial charge in [-0.15, -0.1) is 0 Å². The smallest absolute Gasteiger partial charge is 0.180 e. The van der Waals surface area contributed by atoms with E-state index in [4.69, 9.17) is 4.42 Å². The summed E-state index contributed by atoms with van der Waals surface area (Å²) in [6.45, 7) is 1.87. The van der Waals surface area contributed by atoms with E-state index in [1.165, 1.54) is 25.7 Å². The first-order valence-electron chi connectivity index (χ1n) is 5.18. The summed E-state index contributed by atoms with van der Waals surface area (Å²) in [5.41, 5.74) is 0. The molecule has 1 aliphatic carbocycles. The third-order valence-corrected chi connectivity index (χ3v) is 2.59. The molecule has 0 bridgehead atoms. The molecule has 0 aliphatic heterocycles. The first kappa shape index (κ1) is 9.46. The molecule has 0 fully saturated rings. The van der Waals surface area contributed by atoms with E-state index in [9.17, 15) is 0 Å². The number of nitrogens with zero attached hydrogens (tertiary/aromatic N) is 1. The average molecular weight is 192 g/mol. The van der Waals surface area contributed by atoms with Crippen molar-refractivity contribution in [3.63, 3.8) is 0 Å². The average Bonchev–Trinajstić information content (AvgIpc) is 2.72. The zero-order chi connectivity index (χ0) is 9.64. The quantitative estimate of drug-likeness (QED) is 0.742. The lowest BCUT2D eigenvalue weighted by atomic mass is 9.94. The van der Waals surface area contributed by atoms with Crippen LogP contribution in [0.1, 0.15) is 25.0 Å². The van der Waals surface area contributed by atoms with Gasteiger partial charge in [0.1, 0.15) is 5.76 Å². The van der Waals surface area contributed by atoms with Crippen LogP contribution in [0.25, 0.3) is 0 Å². The van der Waals surface area contributed by atoms with Crippen LogP contribution < -0.4 is 5.32 Å². The van der Waals surface area contributed by atoms with Crippen molar-refractivity contribution >= 4 is 0 Å². The minimum atomic E-state index is 0.792. The zero-order valence-corrected chi connectivity index (χ0v) is 8.28. The van der Waals surface area contributed by atoms with E-state index >= 15 is 0 Å². The highest BCUT2D eigenvalue weighted by molar-refractivity contribution is 4.91. The lowest BCUT2D eigenvalue weighted by molar-refractivity contribution is 0.416. The number of nitrogens with one attached hydrogen (secondary N) is 1. The monoisotopic (exact) mass is 192 g/mol. The van der Waals surface area contributed by atoms with Crippen LogP contribution in [0.15, 0.2) is 29.2 Å². The van der Waals surface area contributed by atoms with Gasteiger partial charge in [-0.1, -0.05) is 12.2 Å². The van der Waals surface area contributed by atoms with Gasteiger partial charge in [0.15, 0.2) is 6.39 Å². The highest BCUT2D eigenvalue weighted by Crippen LogP contribution is 2.16. The zero-order valence-electron chi connectivity index (χ0n) is 8.28. The fourth-order valence-electron chi connectivity index (χ4n) is 1.77. The summed E-state index contributed by atoms with van der Waals surface area (Å²) in [5, 5.41) is 3.39. The molecule has 76 valence electrons. The van der Waals surface area contributed by atoms with E-state index in [0.29, 0.717) is 0 Å². The van der Waals surface area contributed by atoms with Gasteiger partial charge >= 0.3 is 0 Å². The van der Waals surface area contributed by atoms with E-state index in [2.05, 4.69) is 22.5 Å². The Balaban J connectivity index is 1.65. The maximum Gasteiger partial charge on any atom is 0.180 e. The molecule has 0 aromatic carbocycles. The van der Waals surface area contributed by atoms with Crippen molar-refractivity contribution < 1.29 is 4.42 Å². The van der Waals surface area contributed by atoms with E-state index in [-0.39, 0.29) is 0 Å². The Bertz CT molecular complexity index is 279. The third kappa shape index (κ3) is 2.70. The Morgan fingerprint density at radius 2 is 2.50 bits per heavy atom. The summed E-state index contributed by atoms with van der Waals surface area (Å²) >= 11 is 0. The van der Waals surface area contributed by atoms with Gasteiger partial charge in [-0.25, -0.2) is 4.98 Å². The van der Waals surface area contributed by atoms with Crippen molar-refractivity contribution in [2.24, 2.45) is 5.92 Å². The molecule has 1 unspecified atom stereocenters. The van der Waals surface area contributed by atoms with Crippen LogP contribution in [0, 0.1) is 5.92 Å². The normalized spacial score (nSPS) is 21.3. The highest BCUT2D eigenvalue weighted by Gasteiger charge is 2.08. The maximum absolute atomic E-state index is 5.14. The molecule has 0 saturated heterocycles. The van der Waals surface area contributed by atoms with Gasteiger partial charge < -0.3 is 9.73 Å². The summed E-state index contributed by atoms with van der Waals surface area (Å²) in [4.78, 5) is 3.87. The minimum absolute atomic E-state index is 0.792. The van der Waals surface area contributed by atoms with E-state index in [0.717, 1.165) is 24.8 Å². The van der Waals surface area contributed by atoms with Crippen LogP contribution in [0.3, 0.4) is 0 Å². The van der Waals surface area contributed by atoms with Crippen LogP contribution in [0.4, 0.5) is 0 Å². The molecule has 1 N–H and O–H groups in total. The predicted molar refractivity (Wildman–Crippen MR) is 54.7 cm³/mol. The van der Waals surface area contributed by atoms with E-state index in [1.807, 2.05) is 0 Å². The summed E-state index contributed by atoms with van der Waals surface area (Å²) in [7, 11) is 0. The topological polar surface area (TPSA) is 38.1 Å². The molecule has 0 amide bonds. The molecule has 0 radical (unpaired) electrons. The number of hydrogen-bond acceptors (Lipinski definition) is 3. The van der Waals surface area contributed by atoms with Crippen molar-refractivity contribution in [2.75, 3.05) is 6.54 Å². The van der Waals surface area contributed by atoms with Crippen molar-refractivity contribution in [3.8, 4) is 0 Å². The molecule has 1 aliphatic rings. The number of rotatable bonds is 4. The molecule has 3 nitrogen and oxygen atoms in total. The molecule has 14 heavy (non-hydrogen) atoms. The Hall–Kier alpha value is -1.09. The maximum atomic E-state index is 5.14. The largest absolute Gasteiger partial charge is 0.447 e. The highest BCUT2D eigenvalue weighted by atomic mass is 16.3. The van der Waals surface area contributed by atoms with E-state index in [1.54, 1.807) is 6.20 Å². The van der Waals surface area contributed by atoms with Gasteiger partial charge in [-0.3, -0.25) is 0 Å². The molecule has 1 atom stereocenters. The van der Waals surface area contributed by atoms with Crippen LogP contribution >= 0.6 is 0 Å². The number of hydrogen-bond donors (Lipinski definition) is 1. The first-order chi connectivity index (χ1) is 6.95. The standard InChI is InChI=1S/C11H16N2O/c1-2-4-10(5-3-1)6-12-7-11-8-13-9-14-11/h1-2,8-10,12H,3-7H2. The second-order valence-corrected chi connectivity index (χ2v) is 3.75. The Labute approximate surface area is 84.2 Å². The summed E-state index contributed by atoms with van der Waals surface area (Å²) in [6.07, 6.45) is 11.5. The second kappa shape index (κ2) is 4.96. The summed E-state index contributed by atoms with van der Waals surface area (Å²) in [5.74, 6) is 1.71. The lowest BCUT2D eigenvalue weighted by Crippen LogP contribution is -2.22. The summed E-state index contributed by atoms with van der Waals surface area (Å²) in [6, 6.07) is 0. The van der Waals surface area contributed by atoms with Crippen molar-refractivity contribution in [2.45, 2.75) is 25.8 Å². The molecular weight excluding hydrogens is 176 g/mol. The number of aromatic nitrogens is 1. The van der Waals surface area contributed by atoms with Crippen LogP contribution in [-0.4, -0.2) is 11.5 Å². The van der Waals surface area contributed by atoms with Gasteiger partial charge in [-0.2, -0.15) is 0 Å². The predicted octanol–water partition coefficient (Wildman–Crippen LogP) is 2.12. The van der Waals surface area contributed by atoms with Crippen molar-refractivity contribution in [1.29, 1.82) is 0 Å². The van der Waals surface area contributed by atoms with Crippen LogP contribution in [-0.2, 0) is 6.54 Å². The van der Waals surface area contributed by atoms with Crippen molar-refractivity contribution in [3.05, 3.63) is 30.5 Å². The molecule has 1 aromatic rings. The lowest BCUT2D eigenvalue weighted by Gasteiger charge is -2.17. The number of allylic oxidation sites excluding steroid dienone is 2. The van der Waals surface area contributed by atoms with Gasteiger partial charge in [-0.05, 0) is 31.7 Å². The number of oxazole rings is 1. The molecule has 1 aromatic heterocycles. The molecular formula is C11H16N2O. The molecule has 0 spiro atoms. The van der Waals surface area contributed by atoms with E-state index < -0.39 is 0 Å². The Morgan fingerprint density at radius 1 is 1.50 bits per heavy atom. The fraction of sp³-hybridized carbons (Fsp3) is 0.545. The van der Waals surface area contributed by atoms with Gasteiger partial charge in [0, 0.05) is 0 Å². The van der Waals surface area contributed by atoms with Gasteiger partial charge in [0.05, 0.1) is 12.7 Å². The SMILES string of the molecule is C1=CCC(CNCc2cnco2)CC1. The Morgan fingerprint density at radius 3 is 3.21 bits per heavy atom. The molecule has 3 heteroatoms. The first-order valence-corrected chi connectivity index (χ1v) is 5.18. The van der Waals surface area contributed by atoms with Gasteiger partial charge in [0.2, 0.25) is 0 Å². The molecule has 0 saturated carbocycles. The fourth-order valence-corrected chi connectivity index (χ4v) is 1.77. The second-order valence-electron chi connectivity index (χ2n) is 3.75. The molecule has 2 rings (SSSR count). The van der Waals surface area contributed by atoms with Crippen LogP contribution in [0.5, 0.6) is 0 Å². The Kier molecular flexibility index (Phi) is 3.35. The third-order valence-electron chi connectivity index (χ3n) is 2.59. The minimum Gasteiger partial charge on any atom is -0.447 e. The van der Waals surface area contributed by atoms with Crippen LogP contribution in [0.2, 0.25) is 0 Å². The van der Waals surface area contributed by atoms with Crippen molar-refractivity contribution in [1.82, 2.24) is 10.3 Å².